The fraction of sp³-hybridized carbons (Fsp3) is 0.316. The van der Waals surface area contributed by atoms with Crippen molar-refractivity contribution < 1.29 is 0 Å². The third-order valence-corrected chi connectivity index (χ3v) is 4.26. The lowest BCUT2D eigenvalue weighted by Crippen LogP contribution is -2.42. The van der Waals surface area contributed by atoms with Crippen LogP contribution in [-0.2, 0) is 0 Å². The lowest BCUT2D eigenvalue weighted by atomic mass is 9.91. The van der Waals surface area contributed by atoms with E-state index in [1.54, 1.807) is 18.3 Å². The van der Waals surface area contributed by atoms with Crippen molar-refractivity contribution in [2.24, 2.45) is 5.73 Å². The van der Waals surface area contributed by atoms with Crippen molar-refractivity contribution in [2.45, 2.75) is 37.8 Å². The summed E-state index contributed by atoms with van der Waals surface area (Å²) in [6, 6.07) is 9.61. The molecule has 0 radical (unpaired) electrons. The third-order valence-electron chi connectivity index (χ3n) is 4.26. The first kappa shape index (κ1) is 20.8. The van der Waals surface area contributed by atoms with E-state index in [4.69, 9.17) is 22.3 Å². The smallest absolute Gasteiger partial charge is 0.183 e. The zero-order valence-corrected chi connectivity index (χ0v) is 15.5. The molecule has 1 heterocycles. The van der Waals surface area contributed by atoms with Crippen LogP contribution in [0.25, 0.3) is 0 Å². The molecular formula is C19H25N9. The van der Waals surface area contributed by atoms with Crippen LogP contribution in [-0.4, -0.2) is 34.5 Å². The molecule has 1 aliphatic carbocycles. The molecule has 1 aromatic heterocycles. The van der Waals surface area contributed by atoms with E-state index in [0.29, 0.717) is 17.3 Å². The Kier molecular flexibility index (Phi) is 7.87. The lowest BCUT2D eigenvalue weighted by Gasteiger charge is -2.29. The standard InChI is InChI=1S/C17H21N7.C2H4N2/c18-9-15-17(22-12-5-3-4-11(19)8-12)24-16(10-21-15)23-14-7-2-1-6-13(14)20;3-1-2-4/h3-5,8,10,13-14H,1-2,6-7,19-20H2,(H2,22,23,24);1-4H/t13-,14+;/m0./s1. The van der Waals surface area contributed by atoms with Crippen molar-refractivity contribution >= 4 is 35.4 Å². The van der Waals surface area contributed by atoms with Crippen LogP contribution in [0.15, 0.2) is 30.5 Å². The summed E-state index contributed by atoms with van der Waals surface area (Å²) in [6.45, 7) is 0. The average Bonchev–Trinajstić information content (AvgIpc) is 2.70. The molecule has 9 nitrogen and oxygen atoms in total. The number of aromatic nitrogens is 2. The summed E-state index contributed by atoms with van der Waals surface area (Å²) in [6.07, 6.45) is 7.76. The van der Waals surface area contributed by atoms with Gasteiger partial charge < -0.3 is 32.9 Å². The summed E-state index contributed by atoms with van der Waals surface area (Å²) in [5, 5.41) is 27.9. The van der Waals surface area contributed by atoms with Crippen molar-refractivity contribution in [1.82, 2.24) is 9.97 Å². The minimum atomic E-state index is 0.113. The fourth-order valence-electron chi connectivity index (χ4n) is 2.91. The Bertz CT molecular complexity index is 838. The van der Waals surface area contributed by atoms with E-state index in [2.05, 4.69) is 26.7 Å². The molecule has 3 rings (SSSR count). The number of rotatable bonds is 5. The largest absolute Gasteiger partial charge is 0.399 e. The Balaban J connectivity index is 0.000000640. The van der Waals surface area contributed by atoms with E-state index in [1.165, 1.54) is 6.42 Å². The molecule has 0 amide bonds. The van der Waals surface area contributed by atoms with Gasteiger partial charge in [0.25, 0.3) is 0 Å². The molecule has 0 spiro atoms. The van der Waals surface area contributed by atoms with Gasteiger partial charge in [-0.25, -0.2) is 9.97 Å². The maximum Gasteiger partial charge on any atom is 0.183 e. The summed E-state index contributed by atoms with van der Waals surface area (Å²) in [5.74, 6) is 1.01. The van der Waals surface area contributed by atoms with Gasteiger partial charge in [0.15, 0.2) is 11.5 Å². The van der Waals surface area contributed by atoms with Crippen LogP contribution in [0.4, 0.5) is 23.0 Å². The monoisotopic (exact) mass is 379 g/mol. The third kappa shape index (κ3) is 6.03. The predicted octanol–water partition coefficient (Wildman–Crippen LogP) is 2.64. The Hall–Kier alpha value is -3.51. The van der Waals surface area contributed by atoms with E-state index in [9.17, 15) is 5.26 Å². The number of hydrogen-bond donors (Lipinski definition) is 6. The molecule has 9 heteroatoms. The molecule has 0 saturated heterocycles. The first-order valence-corrected chi connectivity index (χ1v) is 8.98. The van der Waals surface area contributed by atoms with E-state index in [-0.39, 0.29) is 17.8 Å². The van der Waals surface area contributed by atoms with Gasteiger partial charge in [0.2, 0.25) is 0 Å². The molecule has 28 heavy (non-hydrogen) atoms. The Labute approximate surface area is 164 Å². The highest BCUT2D eigenvalue weighted by molar-refractivity contribution is 6.12. The molecule has 1 aliphatic rings. The molecule has 146 valence electrons. The normalized spacial score (nSPS) is 18.0. The van der Waals surface area contributed by atoms with Crippen LogP contribution in [0.2, 0.25) is 0 Å². The first-order chi connectivity index (χ1) is 13.6. The number of nitrogens with two attached hydrogens (primary N) is 2. The molecule has 0 unspecified atom stereocenters. The van der Waals surface area contributed by atoms with Crippen molar-refractivity contribution in [1.29, 1.82) is 16.1 Å². The zero-order valence-electron chi connectivity index (χ0n) is 15.5. The molecule has 2 atom stereocenters. The molecule has 0 aliphatic heterocycles. The van der Waals surface area contributed by atoms with Crippen LogP contribution in [0.5, 0.6) is 0 Å². The first-order valence-electron chi connectivity index (χ1n) is 8.98. The summed E-state index contributed by atoms with van der Waals surface area (Å²) in [7, 11) is 0. The van der Waals surface area contributed by atoms with Gasteiger partial charge in [0.05, 0.1) is 6.20 Å². The highest BCUT2D eigenvalue weighted by Gasteiger charge is 2.22. The minimum Gasteiger partial charge on any atom is -0.399 e. The SMILES string of the molecule is N#Cc1ncc(N[C@@H]2CCCC[C@@H]2N)nc1Nc1cccc(N)c1.N=CC=N. The summed E-state index contributed by atoms with van der Waals surface area (Å²) in [5.41, 5.74) is 13.6. The number of nitrogens with one attached hydrogen (secondary N) is 4. The van der Waals surface area contributed by atoms with Crippen molar-refractivity contribution in [3.8, 4) is 6.07 Å². The predicted molar refractivity (Wildman–Crippen MR) is 112 cm³/mol. The summed E-state index contributed by atoms with van der Waals surface area (Å²) >= 11 is 0. The second-order valence-electron chi connectivity index (χ2n) is 6.35. The summed E-state index contributed by atoms with van der Waals surface area (Å²) < 4.78 is 0. The van der Waals surface area contributed by atoms with Crippen molar-refractivity contribution in [2.75, 3.05) is 16.4 Å². The van der Waals surface area contributed by atoms with E-state index in [1.807, 2.05) is 12.1 Å². The minimum absolute atomic E-state index is 0.113. The average molecular weight is 379 g/mol. The van der Waals surface area contributed by atoms with Gasteiger partial charge in [-0.3, -0.25) is 0 Å². The second kappa shape index (κ2) is 10.6. The van der Waals surface area contributed by atoms with Crippen LogP contribution in [0.3, 0.4) is 0 Å². The molecule has 1 fully saturated rings. The molecule has 8 N–H and O–H groups in total. The van der Waals surface area contributed by atoms with Gasteiger partial charge in [-0.2, -0.15) is 5.26 Å². The summed E-state index contributed by atoms with van der Waals surface area (Å²) in [4.78, 5) is 8.68. The number of nitrogen functional groups attached to an aromatic ring is 1. The quantitative estimate of drug-likeness (QED) is 0.342. The van der Waals surface area contributed by atoms with Gasteiger partial charge in [-0.15, -0.1) is 0 Å². The van der Waals surface area contributed by atoms with Gasteiger partial charge in [0, 0.05) is 35.9 Å². The zero-order chi connectivity index (χ0) is 20.4. The molecule has 0 bridgehead atoms. The van der Waals surface area contributed by atoms with Crippen LogP contribution in [0, 0.1) is 22.1 Å². The maximum absolute atomic E-state index is 9.25. The molecule has 2 aromatic rings. The van der Waals surface area contributed by atoms with Crippen molar-refractivity contribution in [3.05, 3.63) is 36.2 Å². The van der Waals surface area contributed by atoms with Crippen LogP contribution < -0.4 is 22.1 Å². The number of anilines is 4. The highest BCUT2D eigenvalue weighted by Crippen LogP contribution is 2.23. The topological polar surface area (TPSA) is 173 Å². The Morgan fingerprint density at radius 2 is 1.96 bits per heavy atom. The number of nitriles is 1. The molecular weight excluding hydrogens is 354 g/mol. The van der Waals surface area contributed by atoms with Gasteiger partial charge in [-0.1, -0.05) is 18.9 Å². The van der Waals surface area contributed by atoms with Gasteiger partial charge in [0.1, 0.15) is 11.9 Å². The Morgan fingerprint density at radius 3 is 2.61 bits per heavy atom. The Morgan fingerprint density at radius 1 is 1.21 bits per heavy atom. The van der Waals surface area contributed by atoms with Gasteiger partial charge in [-0.05, 0) is 31.0 Å². The highest BCUT2D eigenvalue weighted by atomic mass is 15.1. The second-order valence-corrected chi connectivity index (χ2v) is 6.35. The van der Waals surface area contributed by atoms with Gasteiger partial charge >= 0.3 is 0 Å². The maximum atomic E-state index is 9.25. The number of benzene rings is 1. The van der Waals surface area contributed by atoms with E-state index >= 15 is 0 Å². The van der Waals surface area contributed by atoms with Crippen molar-refractivity contribution in [3.63, 3.8) is 0 Å². The van der Waals surface area contributed by atoms with Crippen LogP contribution in [0.1, 0.15) is 31.4 Å². The molecule has 1 aromatic carbocycles. The molecule has 1 saturated carbocycles. The van der Waals surface area contributed by atoms with E-state index < -0.39 is 0 Å². The fourth-order valence-corrected chi connectivity index (χ4v) is 2.91. The number of hydrogen-bond acceptors (Lipinski definition) is 9. The van der Waals surface area contributed by atoms with Crippen LogP contribution >= 0.6 is 0 Å². The van der Waals surface area contributed by atoms with E-state index in [0.717, 1.165) is 37.4 Å². The lowest BCUT2D eigenvalue weighted by molar-refractivity contribution is 0.403. The number of nitrogens with zero attached hydrogens (tertiary/aromatic N) is 3.